The first kappa shape index (κ1) is 26.5. The van der Waals surface area contributed by atoms with E-state index >= 15 is 0 Å². The molecule has 0 amide bonds. The number of alkyl halides is 4. The molecule has 2 unspecified atom stereocenters. The lowest BCUT2D eigenvalue weighted by molar-refractivity contribution is -0.389. The van der Waals surface area contributed by atoms with Crippen molar-refractivity contribution in [2.45, 2.75) is 37.6 Å². The van der Waals surface area contributed by atoms with Crippen molar-refractivity contribution in [3.05, 3.63) is 52.5 Å². The van der Waals surface area contributed by atoms with Crippen LogP contribution in [-0.4, -0.2) is 88.2 Å². The molecule has 16 heteroatoms. The van der Waals surface area contributed by atoms with Crippen LogP contribution in [0.25, 0.3) is 0 Å². The highest BCUT2D eigenvalue weighted by molar-refractivity contribution is 5.58. The van der Waals surface area contributed by atoms with Crippen LogP contribution in [0.2, 0.25) is 0 Å². The molecule has 3 aliphatic heterocycles. The number of rotatable bonds is 8. The molecule has 39 heavy (non-hydrogen) atoms. The van der Waals surface area contributed by atoms with Crippen LogP contribution in [0.1, 0.15) is 6.42 Å². The Hall–Kier alpha value is -4.08. The number of piperidine rings is 1. The summed E-state index contributed by atoms with van der Waals surface area (Å²) in [4.78, 5) is 22.4. The number of halogens is 4. The number of aromatic nitrogens is 2. The smallest absolute Gasteiger partial charge is 0.487 e. The first-order chi connectivity index (χ1) is 18.6. The van der Waals surface area contributed by atoms with Gasteiger partial charge in [-0.1, -0.05) is 0 Å². The van der Waals surface area contributed by atoms with E-state index in [1.54, 1.807) is 10.9 Å². The fraction of sp³-hybridized carbons (Fsp3) is 0.478. The molecule has 1 saturated heterocycles. The summed E-state index contributed by atoms with van der Waals surface area (Å²) in [6.07, 6.45) is -1.57. The summed E-state index contributed by atoms with van der Waals surface area (Å²) in [5, 5.41) is 14.2. The molecule has 210 valence electrons. The lowest BCUT2D eigenvalue weighted by atomic mass is 10.1. The number of nitro groups is 1. The fourth-order valence-electron chi connectivity index (χ4n) is 4.43. The third kappa shape index (κ3) is 6.68. The molecular formula is C23H25F4N7O5. The topological polar surface area (TPSA) is 120 Å². The van der Waals surface area contributed by atoms with Gasteiger partial charge < -0.3 is 34.1 Å². The summed E-state index contributed by atoms with van der Waals surface area (Å²) < 4.78 is 68.4. The van der Waals surface area contributed by atoms with Crippen LogP contribution < -0.4 is 19.5 Å². The molecule has 12 nitrogen and oxygen atoms in total. The Balaban J connectivity index is 1.05. The van der Waals surface area contributed by atoms with Crippen LogP contribution in [0.3, 0.4) is 0 Å². The summed E-state index contributed by atoms with van der Waals surface area (Å²) in [6.45, 7) is 2.37. The van der Waals surface area contributed by atoms with Gasteiger partial charge in [-0.15, -0.1) is 13.2 Å². The number of nitrogens with zero attached hydrogens (tertiary/aromatic N) is 6. The van der Waals surface area contributed by atoms with E-state index in [1.807, 2.05) is 15.9 Å². The molecule has 0 spiro atoms. The predicted molar refractivity (Wildman–Crippen MR) is 128 cm³/mol. The summed E-state index contributed by atoms with van der Waals surface area (Å²) in [5.74, 6) is 0.275. The van der Waals surface area contributed by atoms with Crippen LogP contribution in [0.4, 0.5) is 23.4 Å². The van der Waals surface area contributed by atoms with Crippen molar-refractivity contribution < 1.29 is 36.7 Å². The zero-order valence-electron chi connectivity index (χ0n) is 20.5. The molecule has 3 atom stereocenters. The number of fused-ring (bicyclic) bond motifs is 1. The first-order valence-corrected chi connectivity index (χ1v) is 12.1. The monoisotopic (exact) mass is 555 g/mol. The maximum absolute atomic E-state index is 14.9. The van der Waals surface area contributed by atoms with Crippen molar-refractivity contribution in [3.8, 4) is 17.5 Å². The van der Waals surface area contributed by atoms with Gasteiger partial charge in [-0.05, 0) is 35.3 Å². The van der Waals surface area contributed by atoms with Gasteiger partial charge in [0.1, 0.15) is 36.2 Å². The van der Waals surface area contributed by atoms with E-state index in [0.717, 1.165) is 12.1 Å². The Labute approximate surface area is 219 Å². The second kappa shape index (κ2) is 11.0. The standard InChI is InChI=1S/C23H25F4N7O5/c24-18-10-32(8-5-19(18)38-16-1-3-17(4-2-16)39-23(25,26)27)20-6-7-31(14-29-20)13-28-15-9-33-11-21(34(35)36)30-22(33)37-12-15/h1-4,6,11,14-15,18-19,28H,5,7-10,12-13H2/t15-,18?,19?/m0/s1. The zero-order chi connectivity index (χ0) is 27.6. The minimum absolute atomic E-state index is 0.0696. The van der Waals surface area contributed by atoms with Gasteiger partial charge in [0.05, 0.1) is 25.6 Å². The molecule has 0 aliphatic carbocycles. The van der Waals surface area contributed by atoms with Crippen molar-refractivity contribution >= 4 is 12.2 Å². The number of aliphatic imine (C=N–C) groups is 1. The van der Waals surface area contributed by atoms with Crippen LogP contribution >= 0.6 is 0 Å². The zero-order valence-corrected chi connectivity index (χ0v) is 20.5. The van der Waals surface area contributed by atoms with Gasteiger partial charge in [-0.3, -0.25) is 9.88 Å². The maximum Gasteiger partial charge on any atom is 0.573 e. The van der Waals surface area contributed by atoms with E-state index in [2.05, 4.69) is 20.0 Å². The van der Waals surface area contributed by atoms with E-state index in [9.17, 15) is 27.7 Å². The molecule has 0 saturated carbocycles. The third-order valence-corrected chi connectivity index (χ3v) is 6.34. The van der Waals surface area contributed by atoms with Gasteiger partial charge in [0.2, 0.25) is 0 Å². The van der Waals surface area contributed by atoms with Gasteiger partial charge in [0.25, 0.3) is 0 Å². The van der Waals surface area contributed by atoms with Crippen molar-refractivity contribution in [3.63, 3.8) is 0 Å². The van der Waals surface area contributed by atoms with Gasteiger partial charge in [0.15, 0.2) is 6.17 Å². The molecule has 4 heterocycles. The van der Waals surface area contributed by atoms with E-state index in [1.165, 1.54) is 18.3 Å². The molecule has 0 radical (unpaired) electrons. The molecule has 1 aromatic carbocycles. The van der Waals surface area contributed by atoms with E-state index in [0.29, 0.717) is 45.2 Å². The predicted octanol–water partition coefficient (Wildman–Crippen LogP) is 2.67. The molecule has 3 aliphatic rings. The van der Waals surface area contributed by atoms with Gasteiger partial charge in [0, 0.05) is 31.0 Å². The number of imidazole rings is 1. The highest BCUT2D eigenvalue weighted by Crippen LogP contribution is 2.28. The molecule has 5 rings (SSSR count). The highest BCUT2D eigenvalue weighted by Gasteiger charge is 2.33. The minimum atomic E-state index is -4.79. The number of hydrogen-bond donors (Lipinski definition) is 1. The summed E-state index contributed by atoms with van der Waals surface area (Å²) in [5.41, 5.74) is 0. The van der Waals surface area contributed by atoms with E-state index < -0.39 is 23.6 Å². The SMILES string of the molecule is O=[N+]([O-])c1cn2c(n1)OC[C@@H](NCN1C=NC(N3CCC(Oc4ccc(OC(F)(F)F)cc4)C(F)C3)=CC1)C2. The van der Waals surface area contributed by atoms with Crippen molar-refractivity contribution in [1.82, 2.24) is 24.7 Å². The van der Waals surface area contributed by atoms with Crippen molar-refractivity contribution in [1.29, 1.82) is 0 Å². The van der Waals surface area contributed by atoms with Crippen molar-refractivity contribution in [2.75, 3.05) is 32.9 Å². The quantitative estimate of drug-likeness (QED) is 0.298. The summed E-state index contributed by atoms with van der Waals surface area (Å²) in [7, 11) is 0. The van der Waals surface area contributed by atoms with Crippen molar-refractivity contribution in [2.24, 2.45) is 4.99 Å². The molecule has 1 aromatic heterocycles. The number of nitrogens with one attached hydrogen (secondary N) is 1. The Kier molecular flexibility index (Phi) is 7.45. The largest absolute Gasteiger partial charge is 0.573 e. The maximum atomic E-state index is 14.9. The van der Waals surface area contributed by atoms with E-state index in [4.69, 9.17) is 9.47 Å². The van der Waals surface area contributed by atoms with Gasteiger partial charge in [-0.25, -0.2) is 9.38 Å². The summed E-state index contributed by atoms with van der Waals surface area (Å²) in [6, 6.07) is 5.01. The van der Waals surface area contributed by atoms with Gasteiger partial charge in [-0.2, -0.15) is 0 Å². The lowest BCUT2D eigenvalue weighted by Gasteiger charge is -2.37. The van der Waals surface area contributed by atoms with Crippen LogP contribution in [-0.2, 0) is 6.54 Å². The average Bonchev–Trinajstić information content (AvgIpc) is 3.33. The van der Waals surface area contributed by atoms with Crippen LogP contribution in [0, 0.1) is 10.1 Å². The average molecular weight is 555 g/mol. The molecule has 2 aromatic rings. The lowest BCUT2D eigenvalue weighted by Crippen LogP contribution is -2.48. The van der Waals surface area contributed by atoms with E-state index in [-0.39, 0.29) is 35.9 Å². The Bertz CT molecular complexity index is 1240. The highest BCUT2D eigenvalue weighted by atomic mass is 19.4. The third-order valence-electron chi connectivity index (χ3n) is 6.34. The Morgan fingerprint density at radius 3 is 2.64 bits per heavy atom. The number of ether oxygens (including phenoxy) is 3. The minimum Gasteiger partial charge on any atom is -0.487 e. The molecule has 0 bridgehead atoms. The van der Waals surface area contributed by atoms with Crippen LogP contribution in [0.15, 0.2) is 47.4 Å². The van der Waals surface area contributed by atoms with Gasteiger partial charge >= 0.3 is 18.2 Å². The Morgan fingerprint density at radius 1 is 1.21 bits per heavy atom. The molecular weight excluding hydrogens is 530 g/mol. The fourth-order valence-corrected chi connectivity index (χ4v) is 4.43. The second-order valence-electron chi connectivity index (χ2n) is 9.17. The summed E-state index contributed by atoms with van der Waals surface area (Å²) >= 11 is 0. The molecule has 1 fully saturated rings. The number of hydrogen-bond acceptors (Lipinski definition) is 10. The second-order valence-corrected chi connectivity index (χ2v) is 9.17. The normalized spacial score (nSPS) is 23.1. The molecule has 1 N–H and O–H groups in total. The number of likely N-dealkylation sites (tertiary alicyclic amines) is 1. The number of benzene rings is 1. The van der Waals surface area contributed by atoms with Crippen LogP contribution in [0.5, 0.6) is 17.5 Å². The Morgan fingerprint density at radius 2 is 1.97 bits per heavy atom. The first-order valence-electron chi connectivity index (χ1n) is 12.1.